The van der Waals surface area contributed by atoms with Gasteiger partial charge in [-0.1, -0.05) is 12.1 Å². The van der Waals surface area contributed by atoms with Gasteiger partial charge in [-0.05, 0) is 51.2 Å². The third kappa shape index (κ3) is 4.81. The molecule has 26 heavy (non-hydrogen) atoms. The topological polar surface area (TPSA) is 59.5 Å². The van der Waals surface area contributed by atoms with Crippen molar-refractivity contribution in [3.63, 3.8) is 0 Å². The molecule has 0 N–H and O–H groups in total. The number of likely N-dealkylation sites (tertiary alicyclic amines) is 1. The maximum Gasteiger partial charge on any atom is 0.310 e. The average Bonchev–Trinajstić information content (AvgIpc) is 3.08. The molecule has 1 aromatic carbocycles. The number of ether oxygens (including phenoxy) is 1. The second-order valence-corrected chi connectivity index (χ2v) is 7.83. The zero-order valence-electron chi connectivity index (χ0n) is 15.3. The number of unbranched alkanes of at least 4 members (excludes halogenated alkanes) is 1. The van der Waals surface area contributed by atoms with Gasteiger partial charge in [-0.15, -0.1) is 11.3 Å². The van der Waals surface area contributed by atoms with Gasteiger partial charge in [-0.25, -0.2) is 4.98 Å². The van der Waals surface area contributed by atoms with Crippen molar-refractivity contribution in [2.75, 3.05) is 19.7 Å². The number of amides is 1. The second-order valence-electron chi connectivity index (χ2n) is 6.71. The van der Waals surface area contributed by atoms with Gasteiger partial charge in [0.1, 0.15) is 0 Å². The van der Waals surface area contributed by atoms with Crippen LogP contribution in [-0.4, -0.2) is 41.5 Å². The minimum absolute atomic E-state index is 0.156. The first-order chi connectivity index (χ1) is 12.7. The van der Waals surface area contributed by atoms with E-state index in [0.717, 1.165) is 49.2 Å². The summed E-state index contributed by atoms with van der Waals surface area (Å²) in [5.41, 5.74) is 1.06. The lowest BCUT2D eigenvalue weighted by molar-refractivity contribution is -0.151. The number of carbonyl (C=O) groups excluding carboxylic acids is 2. The van der Waals surface area contributed by atoms with Crippen LogP contribution in [0.4, 0.5) is 0 Å². The minimum Gasteiger partial charge on any atom is -0.466 e. The first-order valence-electron chi connectivity index (χ1n) is 9.46. The first kappa shape index (κ1) is 18.8. The number of hydrogen-bond acceptors (Lipinski definition) is 5. The molecule has 1 aliphatic rings. The second kappa shape index (κ2) is 9.12. The van der Waals surface area contributed by atoms with Gasteiger partial charge in [0.05, 0.1) is 27.7 Å². The number of carbonyl (C=O) groups is 2. The molecule has 0 saturated carbocycles. The lowest BCUT2D eigenvalue weighted by atomic mass is 9.97. The van der Waals surface area contributed by atoms with Crippen molar-refractivity contribution in [1.29, 1.82) is 0 Å². The first-order valence-corrected chi connectivity index (χ1v) is 10.3. The molecule has 1 aromatic heterocycles. The van der Waals surface area contributed by atoms with Crippen LogP contribution in [0.25, 0.3) is 10.2 Å². The lowest BCUT2D eigenvalue weighted by Crippen LogP contribution is -2.42. The molecule has 1 atom stereocenters. The highest BCUT2D eigenvalue weighted by molar-refractivity contribution is 7.18. The maximum atomic E-state index is 12.4. The Labute approximate surface area is 158 Å². The fourth-order valence-corrected chi connectivity index (χ4v) is 4.40. The van der Waals surface area contributed by atoms with Gasteiger partial charge in [-0.2, -0.15) is 0 Å². The van der Waals surface area contributed by atoms with Crippen LogP contribution < -0.4 is 0 Å². The third-order valence-electron chi connectivity index (χ3n) is 4.76. The molecule has 140 valence electrons. The van der Waals surface area contributed by atoms with E-state index in [9.17, 15) is 9.59 Å². The van der Waals surface area contributed by atoms with E-state index in [4.69, 9.17) is 4.74 Å². The van der Waals surface area contributed by atoms with Crippen LogP contribution >= 0.6 is 11.3 Å². The Bertz CT molecular complexity index is 725. The van der Waals surface area contributed by atoms with E-state index < -0.39 is 0 Å². The molecule has 1 aliphatic heterocycles. The molecule has 2 heterocycles. The highest BCUT2D eigenvalue weighted by Gasteiger charge is 2.28. The normalized spacial score (nSPS) is 17.4. The van der Waals surface area contributed by atoms with E-state index in [1.54, 1.807) is 11.3 Å². The quantitative estimate of drug-likeness (QED) is 0.546. The zero-order chi connectivity index (χ0) is 18.4. The highest BCUT2D eigenvalue weighted by atomic mass is 32.1. The summed E-state index contributed by atoms with van der Waals surface area (Å²) in [6.45, 7) is 3.48. The molecule has 0 radical (unpaired) electrons. The zero-order valence-corrected chi connectivity index (χ0v) is 16.1. The Morgan fingerprint density at radius 1 is 1.31 bits per heavy atom. The SMILES string of the molecule is CCOC(=O)C1CCCN(C(=O)CCCCc2nc3ccccc3s2)C1. The van der Waals surface area contributed by atoms with Gasteiger partial charge in [0.15, 0.2) is 0 Å². The van der Waals surface area contributed by atoms with Crippen LogP contribution in [-0.2, 0) is 20.7 Å². The Hall–Kier alpha value is -1.95. The van der Waals surface area contributed by atoms with Crippen molar-refractivity contribution in [1.82, 2.24) is 9.88 Å². The molecular weight excluding hydrogens is 348 g/mol. The number of para-hydroxylation sites is 1. The van der Waals surface area contributed by atoms with Crippen molar-refractivity contribution >= 4 is 33.4 Å². The fraction of sp³-hybridized carbons (Fsp3) is 0.550. The van der Waals surface area contributed by atoms with Gasteiger partial charge in [-0.3, -0.25) is 9.59 Å². The van der Waals surface area contributed by atoms with Crippen molar-refractivity contribution in [2.24, 2.45) is 5.92 Å². The van der Waals surface area contributed by atoms with Crippen LogP contribution in [0, 0.1) is 5.92 Å². The standard InChI is InChI=1S/C20H26N2O3S/c1-2-25-20(24)15-8-7-13-22(14-15)19(23)12-6-5-11-18-21-16-9-3-4-10-17(16)26-18/h3-4,9-10,15H,2,5-8,11-14H2,1H3. The van der Waals surface area contributed by atoms with E-state index >= 15 is 0 Å². The van der Waals surface area contributed by atoms with E-state index in [1.165, 1.54) is 4.70 Å². The number of piperidine rings is 1. The molecule has 1 unspecified atom stereocenters. The monoisotopic (exact) mass is 374 g/mol. The molecule has 0 spiro atoms. The van der Waals surface area contributed by atoms with E-state index in [1.807, 2.05) is 30.0 Å². The lowest BCUT2D eigenvalue weighted by Gasteiger charge is -2.31. The van der Waals surface area contributed by atoms with Crippen LogP contribution in [0.1, 0.15) is 44.0 Å². The molecular formula is C20H26N2O3S. The number of aryl methyl sites for hydroxylation is 1. The van der Waals surface area contributed by atoms with Crippen LogP contribution in [0.5, 0.6) is 0 Å². The summed E-state index contributed by atoms with van der Waals surface area (Å²) in [6.07, 6.45) is 4.97. The van der Waals surface area contributed by atoms with Gasteiger partial charge in [0.25, 0.3) is 0 Å². The van der Waals surface area contributed by atoms with E-state index in [0.29, 0.717) is 19.6 Å². The van der Waals surface area contributed by atoms with Crippen molar-refractivity contribution in [2.45, 2.75) is 45.4 Å². The molecule has 1 saturated heterocycles. The molecule has 0 bridgehead atoms. The van der Waals surface area contributed by atoms with Crippen molar-refractivity contribution < 1.29 is 14.3 Å². The Morgan fingerprint density at radius 2 is 2.15 bits per heavy atom. The summed E-state index contributed by atoms with van der Waals surface area (Å²) in [5.74, 6) is -0.167. The molecule has 1 amide bonds. The molecule has 0 aliphatic carbocycles. The summed E-state index contributed by atoms with van der Waals surface area (Å²) in [4.78, 5) is 30.8. The average molecular weight is 375 g/mol. The highest BCUT2D eigenvalue weighted by Crippen LogP contribution is 2.23. The van der Waals surface area contributed by atoms with Crippen molar-refractivity contribution in [3.8, 4) is 0 Å². The molecule has 6 heteroatoms. The number of fused-ring (bicyclic) bond motifs is 1. The summed E-state index contributed by atoms with van der Waals surface area (Å²) >= 11 is 1.73. The van der Waals surface area contributed by atoms with Crippen LogP contribution in [0.15, 0.2) is 24.3 Å². The Kier molecular flexibility index (Phi) is 6.61. The van der Waals surface area contributed by atoms with Crippen LogP contribution in [0.2, 0.25) is 0 Å². The minimum atomic E-state index is -0.166. The number of esters is 1. The third-order valence-corrected chi connectivity index (χ3v) is 5.86. The number of hydrogen-bond donors (Lipinski definition) is 0. The van der Waals surface area contributed by atoms with E-state index in [2.05, 4.69) is 11.1 Å². The fourth-order valence-electron chi connectivity index (χ4n) is 3.39. The largest absolute Gasteiger partial charge is 0.466 e. The number of rotatable bonds is 7. The summed E-state index contributed by atoms with van der Waals surface area (Å²) < 4.78 is 6.32. The van der Waals surface area contributed by atoms with E-state index in [-0.39, 0.29) is 17.8 Å². The number of thiazole rings is 1. The van der Waals surface area contributed by atoms with Gasteiger partial charge < -0.3 is 9.64 Å². The smallest absolute Gasteiger partial charge is 0.310 e. The van der Waals surface area contributed by atoms with Gasteiger partial charge in [0, 0.05) is 19.5 Å². The summed E-state index contributed by atoms with van der Waals surface area (Å²) in [7, 11) is 0. The molecule has 3 rings (SSSR count). The van der Waals surface area contributed by atoms with Gasteiger partial charge >= 0.3 is 5.97 Å². The van der Waals surface area contributed by atoms with Gasteiger partial charge in [0.2, 0.25) is 5.91 Å². The predicted octanol–water partition coefficient (Wildman–Crippen LogP) is 3.81. The van der Waals surface area contributed by atoms with Crippen LogP contribution in [0.3, 0.4) is 0 Å². The summed E-state index contributed by atoms with van der Waals surface area (Å²) in [5, 5.41) is 1.14. The molecule has 2 aromatic rings. The number of nitrogens with zero attached hydrogens (tertiary/aromatic N) is 2. The summed E-state index contributed by atoms with van der Waals surface area (Å²) in [6, 6.07) is 8.17. The molecule has 1 fully saturated rings. The number of aromatic nitrogens is 1. The predicted molar refractivity (Wildman–Crippen MR) is 103 cm³/mol. The maximum absolute atomic E-state index is 12.4. The number of benzene rings is 1. The Balaban J connectivity index is 1.41. The Morgan fingerprint density at radius 3 is 2.96 bits per heavy atom. The molecule has 5 nitrogen and oxygen atoms in total. The van der Waals surface area contributed by atoms with Crippen molar-refractivity contribution in [3.05, 3.63) is 29.3 Å².